The van der Waals surface area contributed by atoms with Crippen LogP contribution in [0.1, 0.15) is 33.1 Å². The van der Waals surface area contributed by atoms with Gasteiger partial charge in [0.25, 0.3) is 0 Å². The number of thioether (sulfide) groups is 1. The monoisotopic (exact) mass is 344 g/mol. The minimum atomic E-state index is -0.110. The fourth-order valence-corrected chi connectivity index (χ4v) is 3.15. The number of rotatable bonds is 7. The lowest BCUT2D eigenvalue weighted by molar-refractivity contribution is -0.120. The summed E-state index contributed by atoms with van der Waals surface area (Å²) in [6.07, 6.45) is 3.37. The minimum absolute atomic E-state index is 0.0878. The number of hydrogen-bond acceptors (Lipinski definition) is 3. The molecule has 0 aliphatic heterocycles. The summed E-state index contributed by atoms with van der Waals surface area (Å²) in [6.45, 7) is 4.84. The molecule has 0 saturated heterocycles. The number of unbranched alkanes of at least 4 members (excludes halogenated alkanes) is 2. The van der Waals surface area contributed by atoms with Gasteiger partial charge >= 0.3 is 0 Å². The maximum absolute atomic E-state index is 11.9. The Labute approximate surface area is 127 Å². The van der Waals surface area contributed by atoms with Gasteiger partial charge in [0.15, 0.2) is 0 Å². The van der Waals surface area contributed by atoms with Gasteiger partial charge in [0.05, 0.1) is 5.25 Å². The number of carbonyl (C=O) groups is 1. The number of carbonyl (C=O) groups excluding carboxylic acids is 1. The number of hydrogen-bond donors (Lipinski definition) is 2. The molecule has 0 saturated carbocycles. The molecular formula is C14H21BrN2OS. The van der Waals surface area contributed by atoms with E-state index in [1.807, 2.05) is 25.1 Å². The zero-order valence-corrected chi connectivity index (χ0v) is 13.8. The Morgan fingerprint density at radius 2 is 2.21 bits per heavy atom. The van der Waals surface area contributed by atoms with Gasteiger partial charge in [-0.05, 0) is 47.5 Å². The molecule has 3 nitrogen and oxygen atoms in total. The van der Waals surface area contributed by atoms with Crippen molar-refractivity contribution in [2.45, 2.75) is 43.3 Å². The van der Waals surface area contributed by atoms with Crippen molar-refractivity contribution in [2.75, 3.05) is 12.3 Å². The first-order chi connectivity index (χ1) is 9.04. The fourth-order valence-electron chi connectivity index (χ4n) is 1.59. The van der Waals surface area contributed by atoms with E-state index in [0.29, 0.717) is 5.69 Å². The molecule has 0 aromatic heterocycles. The van der Waals surface area contributed by atoms with Crippen LogP contribution < -0.4 is 11.1 Å². The smallest absolute Gasteiger partial charge is 0.233 e. The third-order valence-corrected chi connectivity index (χ3v) is 4.80. The van der Waals surface area contributed by atoms with Gasteiger partial charge < -0.3 is 11.1 Å². The van der Waals surface area contributed by atoms with Crippen molar-refractivity contribution >= 4 is 39.3 Å². The van der Waals surface area contributed by atoms with Crippen LogP contribution in [0.15, 0.2) is 27.6 Å². The molecule has 0 aliphatic carbocycles. The van der Waals surface area contributed by atoms with Gasteiger partial charge in [-0.15, -0.1) is 11.8 Å². The van der Waals surface area contributed by atoms with E-state index in [0.717, 1.165) is 28.8 Å². The maximum atomic E-state index is 11.9. The van der Waals surface area contributed by atoms with Gasteiger partial charge in [0, 0.05) is 21.6 Å². The molecule has 0 radical (unpaired) electrons. The Kier molecular flexibility index (Phi) is 7.31. The Morgan fingerprint density at radius 3 is 2.84 bits per heavy atom. The second-order valence-electron chi connectivity index (χ2n) is 4.45. The molecule has 106 valence electrons. The van der Waals surface area contributed by atoms with Crippen LogP contribution in [-0.4, -0.2) is 17.7 Å². The van der Waals surface area contributed by atoms with E-state index < -0.39 is 0 Å². The van der Waals surface area contributed by atoms with Crippen LogP contribution in [0.5, 0.6) is 0 Å². The number of halogens is 1. The molecule has 3 N–H and O–H groups in total. The maximum Gasteiger partial charge on any atom is 0.233 e. The summed E-state index contributed by atoms with van der Waals surface area (Å²) in [5.41, 5.74) is 6.41. The van der Waals surface area contributed by atoms with Crippen LogP contribution >= 0.6 is 27.7 Å². The first-order valence-corrected chi connectivity index (χ1v) is 8.21. The second kappa shape index (κ2) is 8.48. The summed E-state index contributed by atoms with van der Waals surface area (Å²) in [7, 11) is 0. The molecule has 0 heterocycles. The normalized spacial score (nSPS) is 12.2. The van der Waals surface area contributed by atoms with Crippen molar-refractivity contribution in [1.29, 1.82) is 0 Å². The van der Waals surface area contributed by atoms with Gasteiger partial charge in [0.2, 0.25) is 5.91 Å². The number of nitrogens with one attached hydrogen (secondary N) is 1. The van der Waals surface area contributed by atoms with E-state index in [4.69, 9.17) is 5.73 Å². The topological polar surface area (TPSA) is 55.1 Å². The van der Waals surface area contributed by atoms with Crippen LogP contribution in [0.25, 0.3) is 0 Å². The van der Waals surface area contributed by atoms with Crippen LogP contribution in [0.3, 0.4) is 0 Å². The summed E-state index contributed by atoms with van der Waals surface area (Å²) >= 11 is 5.00. The summed E-state index contributed by atoms with van der Waals surface area (Å²) in [5, 5.41) is 2.86. The fraction of sp³-hybridized carbons (Fsp3) is 0.500. The third-order valence-electron chi connectivity index (χ3n) is 2.71. The van der Waals surface area contributed by atoms with Crippen molar-refractivity contribution in [2.24, 2.45) is 0 Å². The van der Waals surface area contributed by atoms with Crippen molar-refractivity contribution in [1.82, 2.24) is 5.32 Å². The van der Waals surface area contributed by atoms with Gasteiger partial charge in [-0.2, -0.15) is 0 Å². The molecule has 1 aromatic rings. The Morgan fingerprint density at radius 1 is 1.47 bits per heavy atom. The molecule has 1 amide bonds. The number of benzene rings is 1. The quantitative estimate of drug-likeness (QED) is 0.449. The number of nitrogens with two attached hydrogens (primary N) is 1. The molecule has 1 rings (SSSR count). The van der Waals surface area contributed by atoms with E-state index in [9.17, 15) is 4.79 Å². The lowest BCUT2D eigenvalue weighted by atomic mass is 10.2. The largest absolute Gasteiger partial charge is 0.399 e. The number of nitrogen functional groups attached to an aromatic ring is 1. The van der Waals surface area contributed by atoms with Gasteiger partial charge in [0.1, 0.15) is 0 Å². The standard InChI is InChI=1S/C14H21BrN2OS/c1-3-4-5-8-17-14(18)10(2)19-13-7-6-11(16)9-12(13)15/h6-7,9-10H,3-5,8,16H2,1-2H3,(H,17,18). The highest BCUT2D eigenvalue weighted by atomic mass is 79.9. The van der Waals surface area contributed by atoms with Crippen molar-refractivity contribution in [3.63, 3.8) is 0 Å². The Balaban J connectivity index is 2.45. The molecule has 1 atom stereocenters. The van der Waals surface area contributed by atoms with E-state index in [1.165, 1.54) is 18.2 Å². The molecule has 5 heteroatoms. The average Bonchev–Trinajstić information content (AvgIpc) is 2.37. The summed E-state index contributed by atoms with van der Waals surface area (Å²) in [4.78, 5) is 12.9. The van der Waals surface area contributed by atoms with Gasteiger partial charge in [-0.3, -0.25) is 4.79 Å². The average molecular weight is 345 g/mol. The number of anilines is 1. The summed E-state index contributed by atoms with van der Waals surface area (Å²) in [5.74, 6) is 0.0878. The van der Waals surface area contributed by atoms with Crippen molar-refractivity contribution in [3.8, 4) is 0 Å². The molecule has 0 aliphatic rings. The summed E-state index contributed by atoms with van der Waals surface area (Å²) in [6, 6.07) is 5.64. The molecular weight excluding hydrogens is 324 g/mol. The Hall–Kier alpha value is -0.680. The van der Waals surface area contributed by atoms with E-state index in [1.54, 1.807) is 0 Å². The van der Waals surface area contributed by atoms with Crippen LogP contribution in [-0.2, 0) is 4.79 Å². The molecule has 0 bridgehead atoms. The molecule has 0 spiro atoms. The molecule has 1 unspecified atom stereocenters. The van der Waals surface area contributed by atoms with E-state index in [2.05, 4.69) is 28.2 Å². The van der Waals surface area contributed by atoms with Gasteiger partial charge in [-0.1, -0.05) is 19.8 Å². The van der Waals surface area contributed by atoms with Crippen LogP contribution in [0.2, 0.25) is 0 Å². The zero-order chi connectivity index (χ0) is 14.3. The highest BCUT2D eigenvalue weighted by molar-refractivity contribution is 9.10. The molecule has 0 fully saturated rings. The SMILES string of the molecule is CCCCCNC(=O)C(C)Sc1ccc(N)cc1Br. The predicted octanol–water partition coefficient (Wildman–Crippen LogP) is 3.82. The first kappa shape index (κ1) is 16.4. The Bertz CT molecular complexity index is 426. The first-order valence-electron chi connectivity index (χ1n) is 6.54. The van der Waals surface area contributed by atoms with E-state index in [-0.39, 0.29) is 11.2 Å². The lowest BCUT2D eigenvalue weighted by Crippen LogP contribution is -2.31. The third kappa shape index (κ3) is 5.87. The minimum Gasteiger partial charge on any atom is -0.399 e. The van der Waals surface area contributed by atoms with Crippen molar-refractivity contribution in [3.05, 3.63) is 22.7 Å². The van der Waals surface area contributed by atoms with E-state index >= 15 is 0 Å². The molecule has 19 heavy (non-hydrogen) atoms. The highest BCUT2D eigenvalue weighted by Crippen LogP contribution is 2.32. The zero-order valence-electron chi connectivity index (χ0n) is 11.4. The lowest BCUT2D eigenvalue weighted by Gasteiger charge is -2.13. The molecule has 1 aromatic carbocycles. The van der Waals surface area contributed by atoms with Gasteiger partial charge in [-0.25, -0.2) is 0 Å². The second-order valence-corrected chi connectivity index (χ2v) is 6.69. The number of amides is 1. The predicted molar refractivity (Wildman–Crippen MR) is 86.4 cm³/mol. The van der Waals surface area contributed by atoms with Crippen LogP contribution in [0, 0.1) is 0 Å². The highest BCUT2D eigenvalue weighted by Gasteiger charge is 2.15. The van der Waals surface area contributed by atoms with Crippen LogP contribution in [0.4, 0.5) is 5.69 Å². The van der Waals surface area contributed by atoms with Crippen molar-refractivity contribution < 1.29 is 4.79 Å². The summed E-state index contributed by atoms with van der Waals surface area (Å²) < 4.78 is 0.933.